The average Bonchev–Trinajstić information content (AvgIpc) is 3.06. The van der Waals surface area contributed by atoms with Crippen LogP contribution < -0.4 is 14.4 Å². The maximum absolute atomic E-state index is 13.2. The van der Waals surface area contributed by atoms with Crippen molar-refractivity contribution in [3.05, 3.63) is 70.3 Å². The number of aliphatic hydroxyl groups excluding tert-OH is 2. The first-order chi connectivity index (χ1) is 19.7. The maximum Gasteiger partial charge on any atom is 0.264 e. The number of ether oxygens (including phenoxy) is 1. The monoisotopic (exact) mass is 600 g/mol. The van der Waals surface area contributed by atoms with Crippen LogP contribution >= 0.6 is 11.6 Å². The molecule has 0 radical (unpaired) electrons. The molecule has 0 aromatic heterocycles. The number of nitrogens with one attached hydrogen (secondary N) is 1. The Kier molecular flexibility index (Phi) is 7.82. The van der Waals surface area contributed by atoms with Gasteiger partial charge in [0.15, 0.2) is 0 Å². The van der Waals surface area contributed by atoms with E-state index in [1.807, 2.05) is 6.07 Å². The van der Waals surface area contributed by atoms with Crippen LogP contribution in [0.15, 0.2) is 48.6 Å². The molecule has 6 rings (SSSR count). The molecule has 0 saturated heterocycles. The van der Waals surface area contributed by atoms with Crippen LogP contribution in [0.3, 0.4) is 0 Å². The molecule has 2 bridgehead atoms. The van der Waals surface area contributed by atoms with E-state index in [0.717, 1.165) is 42.8 Å². The summed E-state index contributed by atoms with van der Waals surface area (Å²) < 4.78 is 34.4. The molecule has 1 amide bonds. The summed E-state index contributed by atoms with van der Waals surface area (Å²) in [6, 6.07) is 11.2. The third kappa shape index (κ3) is 5.74. The Morgan fingerprint density at radius 1 is 1.17 bits per heavy atom. The fraction of sp³-hybridized carbons (Fsp3) is 0.516. The second-order valence-electron chi connectivity index (χ2n) is 12.2. The lowest BCUT2D eigenvalue weighted by molar-refractivity contribution is 0.0455. The van der Waals surface area contributed by atoms with Gasteiger partial charge in [0.05, 0.1) is 24.2 Å². The van der Waals surface area contributed by atoms with Crippen LogP contribution in [0.25, 0.3) is 0 Å². The van der Waals surface area contributed by atoms with Gasteiger partial charge in [0.2, 0.25) is 10.0 Å². The standard InChI is InChI=1S/C31H37ClN2O6S/c32-24-8-10-26-21(13-24)4-2-12-31(26)18-34-15-23-6-9-25(23)28(36)5-1-3-20(16-35)17-41(38,39)33-30(37)22-7-11-29(40-19-31)27(34)14-22/h1,5,7-8,10-11,13-14,20,23,25,28,35-36H,2-4,6,9,12,15-19H2,(H,33,37)/b5-1-/t20-,23-,25+,28+,31-/m0/s1. The van der Waals surface area contributed by atoms with Gasteiger partial charge in [-0.25, -0.2) is 13.1 Å². The lowest BCUT2D eigenvalue weighted by atomic mass is 9.68. The van der Waals surface area contributed by atoms with Crippen molar-refractivity contribution in [3.63, 3.8) is 0 Å². The molecule has 41 heavy (non-hydrogen) atoms. The van der Waals surface area contributed by atoms with Gasteiger partial charge in [-0.05, 0) is 91.8 Å². The van der Waals surface area contributed by atoms with Crippen LogP contribution in [0.2, 0.25) is 5.02 Å². The second kappa shape index (κ2) is 11.2. The quantitative estimate of drug-likeness (QED) is 0.426. The van der Waals surface area contributed by atoms with E-state index < -0.39 is 33.7 Å². The summed E-state index contributed by atoms with van der Waals surface area (Å²) in [5.41, 5.74) is 3.18. The van der Waals surface area contributed by atoms with Crippen molar-refractivity contribution in [2.45, 2.75) is 50.0 Å². The molecule has 10 heteroatoms. The van der Waals surface area contributed by atoms with Crippen molar-refractivity contribution in [2.75, 3.05) is 37.0 Å². The minimum Gasteiger partial charge on any atom is -0.490 e. The molecule has 2 aliphatic heterocycles. The summed E-state index contributed by atoms with van der Waals surface area (Å²) in [6.07, 6.45) is 7.93. The van der Waals surface area contributed by atoms with Gasteiger partial charge in [0.1, 0.15) is 5.75 Å². The third-order valence-electron chi connectivity index (χ3n) is 9.43. The summed E-state index contributed by atoms with van der Waals surface area (Å²) >= 11 is 6.36. The number of halogens is 1. The Morgan fingerprint density at radius 2 is 2.02 bits per heavy atom. The summed E-state index contributed by atoms with van der Waals surface area (Å²) in [4.78, 5) is 15.5. The Morgan fingerprint density at radius 3 is 2.80 bits per heavy atom. The molecule has 1 spiro atoms. The molecule has 8 nitrogen and oxygen atoms in total. The Hall–Kier alpha value is -2.59. The van der Waals surface area contributed by atoms with Crippen LogP contribution in [0.4, 0.5) is 5.69 Å². The molecular formula is C31H37ClN2O6S. The molecule has 2 aromatic carbocycles. The Balaban J connectivity index is 1.41. The highest BCUT2D eigenvalue weighted by Gasteiger charge is 2.44. The van der Waals surface area contributed by atoms with E-state index in [-0.39, 0.29) is 35.8 Å². The van der Waals surface area contributed by atoms with Gasteiger partial charge < -0.3 is 19.8 Å². The van der Waals surface area contributed by atoms with Gasteiger partial charge in [0.25, 0.3) is 5.91 Å². The maximum atomic E-state index is 13.2. The zero-order valence-corrected chi connectivity index (χ0v) is 24.5. The zero-order chi connectivity index (χ0) is 28.8. The van der Waals surface area contributed by atoms with Gasteiger partial charge in [0, 0.05) is 41.6 Å². The van der Waals surface area contributed by atoms with Crippen LogP contribution in [0.5, 0.6) is 5.75 Å². The highest BCUT2D eigenvalue weighted by molar-refractivity contribution is 7.90. The number of benzene rings is 2. The molecule has 2 aliphatic carbocycles. The minimum atomic E-state index is -4.00. The number of carbonyl (C=O) groups excluding carboxylic acids is 1. The lowest BCUT2D eigenvalue weighted by Crippen LogP contribution is -2.49. The SMILES string of the molecule is O=C1NS(=O)(=O)C[C@H](CO)C/C=C\[C@@H](O)[C@@H]2CC[C@H]2CN2C[C@@]3(CCCc4cc(Cl)ccc43)COc3ccc1cc32. The Bertz CT molecular complexity index is 1460. The molecule has 2 aromatic rings. The Labute approximate surface area is 246 Å². The molecule has 0 unspecified atom stereocenters. The summed E-state index contributed by atoms with van der Waals surface area (Å²) in [5, 5.41) is 21.5. The van der Waals surface area contributed by atoms with E-state index >= 15 is 0 Å². The molecule has 3 N–H and O–H groups in total. The van der Waals surface area contributed by atoms with Crippen LogP contribution in [0.1, 0.15) is 53.6 Å². The molecule has 4 aliphatic rings. The number of carbonyl (C=O) groups is 1. The first-order valence-electron chi connectivity index (χ1n) is 14.5. The van der Waals surface area contributed by atoms with Gasteiger partial charge in [-0.1, -0.05) is 29.8 Å². The van der Waals surface area contributed by atoms with Crippen LogP contribution in [-0.4, -0.2) is 62.7 Å². The van der Waals surface area contributed by atoms with E-state index in [2.05, 4.69) is 21.8 Å². The number of allylic oxidation sites excluding steroid dienone is 1. The molecular weight excluding hydrogens is 564 g/mol. The summed E-state index contributed by atoms with van der Waals surface area (Å²) in [7, 11) is -4.00. The van der Waals surface area contributed by atoms with E-state index in [1.54, 1.807) is 30.4 Å². The van der Waals surface area contributed by atoms with E-state index in [9.17, 15) is 23.4 Å². The van der Waals surface area contributed by atoms with Gasteiger partial charge in [-0.15, -0.1) is 0 Å². The van der Waals surface area contributed by atoms with Crippen molar-refractivity contribution in [1.29, 1.82) is 0 Å². The number of fused-ring (bicyclic) bond motifs is 4. The molecule has 1 saturated carbocycles. The highest BCUT2D eigenvalue weighted by Crippen LogP contribution is 2.46. The predicted octanol–water partition coefficient (Wildman–Crippen LogP) is 3.83. The number of amides is 1. The summed E-state index contributed by atoms with van der Waals surface area (Å²) in [5.74, 6) is -0.725. The van der Waals surface area contributed by atoms with Crippen molar-refractivity contribution in [2.24, 2.45) is 17.8 Å². The van der Waals surface area contributed by atoms with Gasteiger partial charge in [-0.3, -0.25) is 4.79 Å². The van der Waals surface area contributed by atoms with Gasteiger partial charge >= 0.3 is 0 Å². The topological polar surface area (TPSA) is 116 Å². The van der Waals surface area contributed by atoms with E-state index in [0.29, 0.717) is 25.4 Å². The van der Waals surface area contributed by atoms with Crippen molar-refractivity contribution in [3.8, 4) is 5.75 Å². The molecule has 5 atom stereocenters. The number of sulfonamides is 1. The fourth-order valence-electron chi connectivity index (χ4n) is 7.11. The smallest absolute Gasteiger partial charge is 0.264 e. The van der Waals surface area contributed by atoms with Crippen LogP contribution in [-0.2, 0) is 21.9 Å². The second-order valence-corrected chi connectivity index (χ2v) is 14.4. The fourth-order valence-corrected chi connectivity index (χ4v) is 8.65. The largest absolute Gasteiger partial charge is 0.490 e. The minimum absolute atomic E-state index is 0.0722. The highest BCUT2D eigenvalue weighted by atomic mass is 35.5. The number of hydrogen-bond donors (Lipinski definition) is 3. The average molecular weight is 601 g/mol. The number of nitrogens with zero attached hydrogens (tertiary/aromatic N) is 1. The number of anilines is 1. The molecule has 1 fully saturated rings. The lowest BCUT2D eigenvalue weighted by Gasteiger charge is -2.45. The molecule has 220 valence electrons. The van der Waals surface area contributed by atoms with Crippen molar-refractivity contribution >= 4 is 33.2 Å². The summed E-state index contributed by atoms with van der Waals surface area (Å²) in [6.45, 7) is 1.49. The van der Waals surface area contributed by atoms with Gasteiger partial charge in [-0.2, -0.15) is 0 Å². The van der Waals surface area contributed by atoms with E-state index in [1.165, 1.54) is 11.1 Å². The van der Waals surface area contributed by atoms with Crippen molar-refractivity contribution in [1.82, 2.24) is 4.72 Å². The van der Waals surface area contributed by atoms with Crippen LogP contribution in [0, 0.1) is 17.8 Å². The number of rotatable bonds is 1. The first kappa shape index (κ1) is 28.5. The zero-order valence-electron chi connectivity index (χ0n) is 23.0. The number of aliphatic hydroxyl groups is 2. The third-order valence-corrected chi connectivity index (χ3v) is 11.1. The molecule has 2 heterocycles. The normalized spacial score (nSPS) is 32.0. The predicted molar refractivity (Wildman–Crippen MR) is 158 cm³/mol. The first-order valence-corrected chi connectivity index (χ1v) is 16.5. The van der Waals surface area contributed by atoms with E-state index in [4.69, 9.17) is 16.3 Å². The number of aryl methyl sites for hydroxylation is 1. The van der Waals surface area contributed by atoms with Crippen molar-refractivity contribution < 1.29 is 28.2 Å². The number of hydrogen-bond acceptors (Lipinski definition) is 7.